The largest absolute Gasteiger partial charge is 0.480 e. The van der Waals surface area contributed by atoms with E-state index in [0.29, 0.717) is 17.9 Å². The number of carbonyl (C=O) groups excluding carboxylic acids is 1. The quantitative estimate of drug-likeness (QED) is 0.812. The Kier molecular flexibility index (Phi) is 6.69. The minimum absolute atomic E-state index is 0.210. The van der Waals surface area contributed by atoms with E-state index in [4.69, 9.17) is 16.7 Å². The summed E-state index contributed by atoms with van der Waals surface area (Å²) >= 11 is 6.03. The van der Waals surface area contributed by atoms with Crippen LogP contribution < -0.4 is 5.32 Å². The van der Waals surface area contributed by atoms with Gasteiger partial charge in [-0.05, 0) is 42.9 Å². The molecule has 0 bridgehead atoms. The van der Waals surface area contributed by atoms with Crippen LogP contribution in [0.2, 0.25) is 5.02 Å². The van der Waals surface area contributed by atoms with Crippen molar-refractivity contribution in [3.05, 3.63) is 34.3 Å². The minimum atomic E-state index is -0.990. The van der Waals surface area contributed by atoms with Crippen LogP contribution in [0.1, 0.15) is 37.8 Å². The number of nitrogens with one attached hydrogen (secondary N) is 1. The number of hydrogen-bond donors (Lipinski definition) is 2. The van der Waals surface area contributed by atoms with E-state index in [1.54, 1.807) is 0 Å². The van der Waals surface area contributed by atoms with Gasteiger partial charge in [0.05, 0.1) is 0 Å². The van der Waals surface area contributed by atoms with Crippen LogP contribution in [0.3, 0.4) is 0 Å². The van der Waals surface area contributed by atoms with Gasteiger partial charge in [0.25, 0.3) is 0 Å². The lowest BCUT2D eigenvalue weighted by atomic mass is 10.0. The van der Waals surface area contributed by atoms with E-state index in [-0.39, 0.29) is 18.2 Å². The fraction of sp³-hybridized carbons (Fsp3) is 0.500. The first kappa shape index (κ1) is 17.5. The summed E-state index contributed by atoms with van der Waals surface area (Å²) in [5.74, 6) is -1.03. The molecule has 0 aliphatic rings. The van der Waals surface area contributed by atoms with Crippen molar-refractivity contribution in [2.24, 2.45) is 5.92 Å². The minimum Gasteiger partial charge on any atom is -0.480 e. The molecule has 0 saturated carbocycles. The average Bonchev–Trinajstić information content (AvgIpc) is 2.38. The number of hydrogen-bond acceptors (Lipinski definition) is 2. The van der Waals surface area contributed by atoms with Crippen LogP contribution >= 0.6 is 11.6 Å². The Hall–Kier alpha value is -1.55. The molecule has 0 fully saturated rings. The first-order valence-electron chi connectivity index (χ1n) is 7.06. The maximum atomic E-state index is 11.9. The van der Waals surface area contributed by atoms with Crippen LogP contribution in [0.25, 0.3) is 0 Å². The number of carboxylic acids is 1. The highest BCUT2D eigenvalue weighted by Gasteiger charge is 2.20. The summed E-state index contributed by atoms with van der Waals surface area (Å²) < 4.78 is 0. The van der Waals surface area contributed by atoms with Gasteiger partial charge < -0.3 is 10.4 Å². The summed E-state index contributed by atoms with van der Waals surface area (Å²) in [5, 5.41) is 12.3. The van der Waals surface area contributed by atoms with Crippen LogP contribution in [-0.2, 0) is 16.0 Å². The molecule has 1 atom stereocenters. The van der Waals surface area contributed by atoms with Gasteiger partial charge in [0.2, 0.25) is 5.91 Å². The normalized spacial score (nSPS) is 12.2. The van der Waals surface area contributed by atoms with E-state index in [9.17, 15) is 9.59 Å². The summed E-state index contributed by atoms with van der Waals surface area (Å²) in [4.78, 5) is 23.0. The van der Waals surface area contributed by atoms with Gasteiger partial charge in [0, 0.05) is 11.4 Å². The molecule has 1 aromatic carbocycles. The van der Waals surface area contributed by atoms with Gasteiger partial charge in [-0.3, -0.25) is 4.79 Å². The van der Waals surface area contributed by atoms with Gasteiger partial charge in [0.15, 0.2) is 0 Å². The second-order valence-corrected chi connectivity index (χ2v) is 6.08. The Morgan fingerprint density at radius 1 is 1.33 bits per heavy atom. The second-order valence-electron chi connectivity index (χ2n) is 5.67. The Balaban J connectivity index is 2.52. The molecule has 1 unspecified atom stereocenters. The topological polar surface area (TPSA) is 66.4 Å². The fourth-order valence-electron chi connectivity index (χ4n) is 2.01. The van der Waals surface area contributed by atoms with Crippen LogP contribution in [0, 0.1) is 12.8 Å². The number of halogens is 1. The Morgan fingerprint density at radius 3 is 2.52 bits per heavy atom. The molecule has 0 aliphatic heterocycles. The van der Waals surface area contributed by atoms with Gasteiger partial charge in [-0.2, -0.15) is 0 Å². The molecular weight excluding hydrogens is 290 g/mol. The van der Waals surface area contributed by atoms with Gasteiger partial charge in [-0.1, -0.05) is 37.6 Å². The van der Waals surface area contributed by atoms with Crippen molar-refractivity contribution in [2.75, 3.05) is 0 Å². The highest BCUT2D eigenvalue weighted by molar-refractivity contribution is 6.31. The van der Waals surface area contributed by atoms with Crippen molar-refractivity contribution in [1.29, 1.82) is 0 Å². The molecule has 5 heteroatoms. The van der Waals surface area contributed by atoms with Crippen molar-refractivity contribution in [3.8, 4) is 0 Å². The maximum absolute atomic E-state index is 11.9. The molecule has 0 spiro atoms. The Labute approximate surface area is 130 Å². The Bertz CT molecular complexity index is 514. The lowest BCUT2D eigenvalue weighted by Crippen LogP contribution is -2.41. The third-order valence-corrected chi connectivity index (χ3v) is 3.62. The third-order valence-electron chi connectivity index (χ3n) is 3.22. The highest BCUT2D eigenvalue weighted by atomic mass is 35.5. The molecule has 0 aliphatic carbocycles. The molecule has 0 saturated heterocycles. The van der Waals surface area contributed by atoms with Crippen molar-refractivity contribution >= 4 is 23.5 Å². The average molecular weight is 312 g/mol. The molecule has 0 radical (unpaired) electrons. The van der Waals surface area contributed by atoms with Gasteiger partial charge in [0.1, 0.15) is 6.04 Å². The molecule has 4 nitrogen and oxygen atoms in total. The molecular formula is C16H22ClNO3. The van der Waals surface area contributed by atoms with E-state index in [1.165, 1.54) is 0 Å². The van der Waals surface area contributed by atoms with Gasteiger partial charge in [-0.25, -0.2) is 4.79 Å². The molecule has 21 heavy (non-hydrogen) atoms. The number of benzene rings is 1. The van der Waals surface area contributed by atoms with E-state index in [1.807, 2.05) is 39.0 Å². The zero-order valence-electron chi connectivity index (χ0n) is 12.6. The monoisotopic (exact) mass is 311 g/mol. The number of amides is 1. The van der Waals surface area contributed by atoms with E-state index in [2.05, 4.69) is 5.32 Å². The second kappa shape index (κ2) is 8.03. The molecule has 1 rings (SSSR count). The first-order chi connectivity index (χ1) is 9.79. The third kappa shape index (κ3) is 6.17. The molecule has 2 N–H and O–H groups in total. The van der Waals surface area contributed by atoms with Crippen molar-refractivity contribution in [3.63, 3.8) is 0 Å². The lowest BCUT2D eigenvalue weighted by molar-refractivity contribution is -0.142. The number of carboxylic acid groups (broad SMARTS) is 1. The van der Waals surface area contributed by atoms with Gasteiger partial charge >= 0.3 is 5.97 Å². The number of aliphatic carboxylic acids is 1. The Morgan fingerprint density at radius 2 is 2.00 bits per heavy atom. The van der Waals surface area contributed by atoms with Crippen LogP contribution in [0.15, 0.2) is 18.2 Å². The molecule has 0 heterocycles. The SMILES string of the molecule is Cc1ccc(CCC(=O)NC(CC(C)C)C(=O)O)cc1Cl. The molecule has 0 aromatic heterocycles. The highest BCUT2D eigenvalue weighted by Crippen LogP contribution is 2.17. The molecule has 116 valence electrons. The van der Waals surface area contributed by atoms with Crippen LogP contribution in [0.4, 0.5) is 0 Å². The number of carbonyl (C=O) groups is 2. The van der Waals surface area contributed by atoms with Crippen molar-refractivity contribution in [2.45, 2.75) is 46.1 Å². The molecule has 1 amide bonds. The zero-order chi connectivity index (χ0) is 16.0. The van der Waals surface area contributed by atoms with Crippen molar-refractivity contribution < 1.29 is 14.7 Å². The zero-order valence-corrected chi connectivity index (χ0v) is 13.4. The summed E-state index contributed by atoms with van der Waals surface area (Å²) in [6.07, 6.45) is 1.22. The summed E-state index contributed by atoms with van der Waals surface area (Å²) in [6, 6.07) is 4.86. The predicted molar refractivity (Wildman–Crippen MR) is 83.5 cm³/mol. The van der Waals surface area contributed by atoms with Gasteiger partial charge in [-0.15, -0.1) is 0 Å². The summed E-state index contributed by atoms with van der Waals surface area (Å²) in [7, 11) is 0. The number of rotatable bonds is 7. The van der Waals surface area contributed by atoms with E-state index in [0.717, 1.165) is 11.1 Å². The standard InChI is InChI=1S/C16H22ClNO3/c1-10(2)8-14(16(20)21)18-15(19)7-6-12-5-4-11(3)13(17)9-12/h4-5,9-10,14H,6-8H2,1-3H3,(H,18,19)(H,20,21). The first-order valence-corrected chi connectivity index (χ1v) is 7.44. The fourth-order valence-corrected chi connectivity index (χ4v) is 2.21. The number of aryl methyl sites for hydroxylation is 2. The maximum Gasteiger partial charge on any atom is 0.326 e. The molecule has 1 aromatic rings. The van der Waals surface area contributed by atoms with Crippen LogP contribution in [-0.4, -0.2) is 23.0 Å². The lowest BCUT2D eigenvalue weighted by Gasteiger charge is -2.16. The smallest absolute Gasteiger partial charge is 0.326 e. The summed E-state index contributed by atoms with van der Waals surface area (Å²) in [5.41, 5.74) is 1.96. The van der Waals surface area contributed by atoms with Crippen molar-refractivity contribution in [1.82, 2.24) is 5.32 Å². The summed E-state index contributed by atoms with van der Waals surface area (Å²) in [6.45, 7) is 5.77. The van der Waals surface area contributed by atoms with E-state index < -0.39 is 12.0 Å². The van der Waals surface area contributed by atoms with Crippen LogP contribution in [0.5, 0.6) is 0 Å². The van der Waals surface area contributed by atoms with E-state index >= 15 is 0 Å². The predicted octanol–water partition coefficient (Wildman–Crippen LogP) is 3.20.